The standard InChI is InChI=1S/C7H13N3O2/c1-3-10-6(4-8-9-10)7(11)5-12-2/h4,7,11H,3,5H2,1-2H3. The number of hydrogen-bond acceptors (Lipinski definition) is 4. The number of aliphatic hydroxyl groups excluding tert-OH is 1. The summed E-state index contributed by atoms with van der Waals surface area (Å²) in [5, 5.41) is 17.0. The van der Waals surface area contributed by atoms with Gasteiger partial charge in [-0.15, -0.1) is 5.10 Å². The van der Waals surface area contributed by atoms with Crippen LogP contribution < -0.4 is 0 Å². The second-order valence-corrected chi connectivity index (χ2v) is 2.45. The predicted molar refractivity (Wildman–Crippen MR) is 42.5 cm³/mol. The molecule has 0 radical (unpaired) electrons. The zero-order valence-corrected chi connectivity index (χ0v) is 7.27. The lowest BCUT2D eigenvalue weighted by molar-refractivity contribution is 0.0587. The molecular formula is C7H13N3O2. The number of ether oxygens (including phenoxy) is 1. The lowest BCUT2D eigenvalue weighted by Crippen LogP contribution is -2.11. The lowest BCUT2D eigenvalue weighted by Gasteiger charge is -2.09. The molecule has 12 heavy (non-hydrogen) atoms. The third-order valence-electron chi connectivity index (χ3n) is 1.61. The van der Waals surface area contributed by atoms with E-state index in [-0.39, 0.29) is 6.61 Å². The first-order chi connectivity index (χ1) is 5.79. The predicted octanol–water partition coefficient (Wildman–Crippen LogP) is -0.0222. The molecule has 0 bridgehead atoms. The van der Waals surface area contributed by atoms with Crippen molar-refractivity contribution in [2.24, 2.45) is 0 Å². The molecule has 0 saturated heterocycles. The van der Waals surface area contributed by atoms with Gasteiger partial charge in [0.15, 0.2) is 0 Å². The molecule has 0 amide bonds. The van der Waals surface area contributed by atoms with E-state index < -0.39 is 6.10 Å². The third-order valence-corrected chi connectivity index (χ3v) is 1.61. The van der Waals surface area contributed by atoms with Gasteiger partial charge in [-0.2, -0.15) is 0 Å². The molecule has 0 aliphatic heterocycles. The van der Waals surface area contributed by atoms with Gasteiger partial charge in [0.2, 0.25) is 0 Å². The van der Waals surface area contributed by atoms with Crippen molar-refractivity contribution in [1.82, 2.24) is 15.0 Å². The van der Waals surface area contributed by atoms with E-state index in [4.69, 9.17) is 4.74 Å². The van der Waals surface area contributed by atoms with Crippen LogP contribution >= 0.6 is 0 Å². The highest BCUT2D eigenvalue weighted by Gasteiger charge is 2.12. The van der Waals surface area contributed by atoms with E-state index in [9.17, 15) is 5.11 Å². The van der Waals surface area contributed by atoms with Crippen LogP contribution in [0.25, 0.3) is 0 Å². The zero-order valence-electron chi connectivity index (χ0n) is 7.27. The summed E-state index contributed by atoms with van der Waals surface area (Å²) in [5.74, 6) is 0. The summed E-state index contributed by atoms with van der Waals surface area (Å²) in [6.45, 7) is 2.92. The second-order valence-electron chi connectivity index (χ2n) is 2.45. The summed E-state index contributed by atoms with van der Waals surface area (Å²) >= 11 is 0. The van der Waals surface area contributed by atoms with E-state index >= 15 is 0 Å². The van der Waals surface area contributed by atoms with Crippen LogP contribution in [0.5, 0.6) is 0 Å². The van der Waals surface area contributed by atoms with Crippen molar-refractivity contribution in [2.75, 3.05) is 13.7 Å². The van der Waals surface area contributed by atoms with Crippen LogP contribution in [0.2, 0.25) is 0 Å². The highest BCUT2D eigenvalue weighted by atomic mass is 16.5. The molecule has 0 aliphatic carbocycles. The fourth-order valence-corrected chi connectivity index (χ4v) is 1.01. The minimum Gasteiger partial charge on any atom is -0.384 e. The Morgan fingerprint density at radius 2 is 2.50 bits per heavy atom. The maximum atomic E-state index is 9.50. The van der Waals surface area contributed by atoms with Crippen molar-refractivity contribution in [3.05, 3.63) is 11.9 Å². The van der Waals surface area contributed by atoms with Gasteiger partial charge < -0.3 is 9.84 Å². The Morgan fingerprint density at radius 3 is 3.08 bits per heavy atom. The highest BCUT2D eigenvalue weighted by Crippen LogP contribution is 2.10. The molecular weight excluding hydrogens is 158 g/mol. The number of aliphatic hydroxyl groups is 1. The number of rotatable bonds is 4. The van der Waals surface area contributed by atoms with Gasteiger partial charge in [0.25, 0.3) is 0 Å². The Labute approximate surface area is 71.0 Å². The Kier molecular flexibility index (Phi) is 3.19. The van der Waals surface area contributed by atoms with E-state index in [2.05, 4.69) is 10.3 Å². The van der Waals surface area contributed by atoms with Gasteiger partial charge in [0.05, 0.1) is 18.5 Å². The largest absolute Gasteiger partial charge is 0.384 e. The van der Waals surface area contributed by atoms with Crippen LogP contribution in [0.3, 0.4) is 0 Å². The van der Waals surface area contributed by atoms with Crippen LogP contribution in [-0.4, -0.2) is 33.8 Å². The van der Waals surface area contributed by atoms with Crippen molar-refractivity contribution < 1.29 is 9.84 Å². The Hall–Kier alpha value is -0.940. The number of hydrogen-bond donors (Lipinski definition) is 1. The van der Waals surface area contributed by atoms with Gasteiger partial charge in [-0.3, -0.25) is 0 Å². The average Bonchev–Trinajstić information content (AvgIpc) is 2.51. The van der Waals surface area contributed by atoms with E-state index in [0.29, 0.717) is 12.2 Å². The van der Waals surface area contributed by atoms with E-state index in [1.165, 1.54) is 0 Å². The molecule has 0 fully saturated rings. The fourth-order valence-electron chi connectivity index (χ4n) is 1.01. The van der Waals surface area contributed by atoms with Crippen molar-refractivity contribution >= 4 is 0 Å². The molecule has 1 heterocycles. The first kappa shape index (κ1) is 9.15. The normalized spacial score (nSPS) is 13.2. The molecule has 1 unspecified atom stereocenters. The molecule has 1 N–H and O–H groups in total. The highest BCUT2D eigenvalue weighted by molar-refractivity contribution is 4.98. The van der Waals surface area contributed by atoms with Crippen LogP contribution in [0.4, 0.5) is 0 Å². The van der Waals surface area contributed by atoms with E-state index in [0.717, 1.165) is 0 Å². The summed E-state index contributed by atoms with van der Waals surface area (Å²) in [7, 11) is 1.54. The van der Waals surface area contributed by atoms with Gasteiger partial charge in [0, 0.05) is 13.7 Å². The van der Waals surface area contributed by atoms with E-state index in [1.807, 2.05) is 6.92 Å². The Bertz CT molecular complexity index is 236. The average molecular weight is 171 g/mol. The maximum Gasteiger partial charge on any atom is 0.120 e. The number of methoxy groups -OCH3 is 1. The molecule has 68 valence electrons. The summed E-state index contributed by atoms with van der Waals surface area (Å²) in [5.41, 5.74) is 0.694. The molecule has 0 saturated carbocycles. The minimum atomic E-state index is -0.634. The van der Waals surface area contributed by atoms with Gasteiger partial charge in [-0.1, -0.05) is 5.21 Å². The van der Waals surface area contributed by atoms with Gasteiger partial charge >= 0.3 is 0 Å². The summed E-state index contributed by atoms with van der Waals surface area (Å²) in [4.78, 5) is 0. The first-order valence-electron chi connectivity index (χ1n) is 3.85. The summed E-state index contributed by atoms with van der Waals surface area (Å²) in [6.07, 6.45) is 0.914. The maximum absolute atomic E-state index is 9.50. The van der Waals surface area contributed by atoms with Gasteiger partial charge in [0.1, 0.15) is 6.10 Å². The molecule has 0 spiro atoms. The molecule has 5 heteroatoms. The summed E-state index contributed by atoms with van der Waals surface area (Å²) in [6, 6.07) is 0. The Morgan fingerprint density at radius 1 is 1.75 bits per heavy atom. The topological polar surface area (TPSA) is 60.2 Å². The van der Waals surface area contributed by atoms with Crippen LogP contribution in [0, 0.1) is 0 Å². The molecule has 1 aromatic heterocycles. The quantitative estimate of drug-likeness (QED) is 0.691. The fraction of sp³-hybridized carbons (Fsp3) is 0.714. The molecule has 0 aromatic carbocycles. The van der Waals surface area contributed by atoms with Crippen molar-refractivity contribution in [3.8, 4) is 0 Å². The monoisotopic (exact) mass is 171 g/mol. The van der Waals surface area contributed by atoms with Crippen molar-refractivity contribution in [1.29, 1.82) is 0 Å². The number of aryl methyl sites for hydroxylation is 1. The molecule has 1 rings (SSSR count). The van der Waals surface area contributed by atoms with Gasteiger partial charge in [-0.25, -0.2) is 4.68 Å². The Balaban J connectivity index is 2.71. The van der Waals surface area contributed by atoms with Crippen LogP contribution in [0.1, 0.15) is 18.7 Å². The van der Waals surface area contributed by atoms with Crippen molar-refractivity contribution in [2.45, 2.75) is 19.6 Å². The summed E-state index contributed by atoms with van der Waals surface area (Å²) < 4.78 is 6.45. The number of nitrogens with zero attached hydrogens (tertiary/aromatic N) is 3. The smallest absolute Gasteiger partial charge is 0.120 e. The molecule has 0 aliphatic rings. The molecule has 5 nitrogen and oxygen atoms in total. The second kappa shape index (κ2) is 4.18. The van der Waals surface area contributed by atoms with Crippen molar-refractivity contribution in [3.63, 3.8) is 0 Å². The van der Waals surface area contributed by atoms with Crippen LogP contribution in [-0.2, 0) is 11.3 Å². The molecule has 1 atom stereocenters. The zero-order chi connectivity index (χ0) is 8.97. The first-order valence-corrected chi connectivity index (χ1v) is 3.85. The van der Waals surface area contributed by atoms with Crippen LogP contribution in [0.15, 0.2) is 6.20 Å². The number of aromatic nitrogens is 3. The lowest BCUT2D eigenvalue weighted by atomic mass is 10.3. The molecule has 1 aromatic rings. The minimum absolute atomic E-state index is 0.271. The third kappa shape index (κ3) is 1.80. The SMILES string of the molecule is CCn1nncc1C(O)COC. The van der Waals surface area contributed by atoms with E-state index in [1.54, 1.807) is 18.0 Å². The van der Waals surface area contributed by atoms with Gasteiger partial charge in [-0.05, 0) is 6.92 Å².